The Morgan fingerprint density at radius 2 is 1.85 bits per heavy atom. The molecule has 1 N–H and O–H groups in total. The fourth-order valence-electron chi connectivity index (χ4n) is 2.84. The fraction of sp³-hybridized carbons (Fsp3) is 1.00. The van der Waals surface area contributed by atoms with Gasteiger partial charge in [-0.2, -0.15) is 0 Å². The van der Waals surface area contributed by atoms with Crippen molar-refractivity contribution in [2.45, 2.75) is 44.6 Å². The quantitative estimate of drug-likeness (QED) is 0.711. The smallest absolute Gasteiger partial charge is 0.0698 e. The lowest BCUT2D eigenvalue weighted by molar-refractivity contribution is -0.0534. The average molecular weight is 184 g/mol. The summed E-state index contributed by atoms with van der Waals surface area (Å²) < 4.78 is 5.34. The Labute approximate surface area is 80.3 Å². The molecule has 1 heterocycles. The summed E-state index contributed by atoms with van der Waals surface area (Å²) in [7, 11) is 0. The highest BCUT2D eigenvalue weighted by Crippen LogP contribution is 2.40. The van der Waals surface area contributed by atoms with Gasteiger partial charge in [0.25, 0.3) is 0 Å². The van der Waals surface area contributed by atoms with Gasteiger partial charge in [-0.3, -0.25) is 0 Å². The van der Waals surface area contributed by atoms with Crippen LogP contribution in [0.15, 0.2) is 0 Å². The van der Waals surface area contributed by atoms with Crippen molar-refractivity contribution in [2.24, 2.45) is 11.8 Å². The first-order valence-corrected chi connectivity index (χ1v) is 5.51. The van der Waals surface area contributed by atoms with E-state index < -0.39 is 5.60 Å². The molecule has 1 saturated carbocycles. The lowest BCUT2D eigenvalue weighted by atomic mass is 9.77. The molecule has 2 unspecified atom stereocenters. The Balaban J connectivity index is 1.99. The zero-order chi connectivity index (χ0) is 9.31. The molecule has 13 heavy (non-hydrogen) atoms. The average Bonchev–Trinajstić information content (AvgIpc) is 2.78. The van der Waals surface area contributed by atoms with E-state index in [1.165, 1.54) is 25.7 Å². The summed E-state index contributed by atoms with van der Waals surface area (Å²) >= 11 is 0. The van der Waals surface area contributed by atoms with Gasteiger partial charge in [-0.15, -0.1) is 0 Å². The molecule has 2 heteroatoms. The lowest BCUT2D eigenvalue weighted by Crippen LogP contribution is -2.41. The molecule has 0 aromatic carbocycles. The standard InChI is InChI=1S/C11H20O2/c1-11(12,9-4-2-3-5-9)10-6-7-13-8-10/h9-10,12H,2-8H2,1H3. The second kappa shape index (κ2) is 3.58. The SMILES string of the molecule is CC(O)(C1CCCC1)C1CCOC1. The van der Waals surface area contributed by atoms with Gasteiger partial charge in [0.15, 0.2) is 0 Å². The summed E-state index contributed by atoms with van der Waals surface area (Å²) in [5, 5.41) is 10.4. The topological polar surface area (TPSA) is 29.5 Å². The summed E-state index contributed by atoms with van der Waals surface area (Å²) in [6.07, 6.45) is 6.07. The molecule has 0 aromatic rings. The predicted molar refractivity (Wildman–Crippen MR) is 51.5 cm³/mol. The molecule has 2 rings (SSSR count). The van der Waals surface area contributed by atoms with Crippen LogP contribution < -0.4 is 0 Å². The van der Waals surface area contributed by atoms with Crippen LogP contribution in [0, 0.1) is 11.8 Å². The van der Waals surface area contributed by atoms with Crippen LogP contribution in [0.4, 0.5) is 0 Å². The minimum atomic E-state index is -0.465. The van der Waals surface area contributed by atoms with Crippen LogP contribution in [0.2, 0.25) is 0 Å². The largest absolute Gasteiger partial charge is 0.390 e. The van der Waals surface area contributed by atoms with Gasteiger partial charge < -0.3 is 9.84 Å². The van der Waals surface area contributed by atoms with Crippen LogP contribution in [-0.2, 0) is 4.74 Å². The van der Waals surface area contributed by atoms with E-state index in [9.17, 15) is 5.11 Å². The van der Waals surface area contributed by atoms with Crippen LogP contribution in [-0.4, -0.2) is 23.9 Å². The van der Waals surface area contributed by atoms with Gasteiger partial charge >= 0.3 is 0 Å². The number of ether oxygens (including phenoxy) is 1. The summed E-state index contributed by atoms with van der Waals surface area (Å²) in [6, 6.07) is 0. The normalized spacial score (nSPS) is 35.1. The van der Waals surface area contributed by atoms with Gasteiger partial charge in [0.1, 0.15) is 0 Å². The van der Waals surface area contributed by atoms with E-state index in [0.717, 1.165) is 19.6 Å². The van der Waals surface area contributed by atoms with E-state index in [1.54, 1.807) is 0 Å². The van der Waals surface area contributed by atoms with E-state index in [1.807, 2.05) is 6.92 Å². The van der Waals surface area contributed by atoms with Crippen LogP contribution in [0.5, 0.6) is 0 Å². The molecule has 1 aliphatic carbocycles. The summed E-state index contributed by atoms with van der Waals surface area (Å²) in [4.78, 5) is 0. The molecule has 2 atom stereocenters. The Morgan fingerprint density at radius 1 is 1.15 bits per heavy atom. The summed E-state index contributed by atoms with van der Waals surface area (Å²) in [5.74, 6) is 0.912. The summed E-state index contributed by atoms with van der Waals surface area (Å²) in [5.41, 5.74) is -0.465. The van der Waals surface area contributed by atoms with Crippen molar-refractivity contribution < 1.29 is 9.84 Å². The molecule has 76 valence electrons. The van der Waals surface area contributed by atoms with Crippen molar-refractivity contribution in [1.29, 1.82) is 0 Å². The lowest BCUT2D eigenvalue weighted by Gasteiger charge is -2.35. The van der Waals surface area contributed by atoms with E-state index in [-0.39, 0.29) is 0 Å². The molecule has 0 radical (unpaired) electrons. The van der Waals surface area contributed by atoms with Crippen molar-refractivity contribution in [3.05, 3.63) is 0 Å². The first-order valence-electron chi connectivity index (χ1n) is 5.51. The molecule has 1 saturated heterocycles. The Morgan fingerprint density at radius 3 is 2.38 bits per heavy atom. The first-order chi connectivity index (χ1) is 6.21. The predicted octanol–water partition coefficient (Wildman–Crippen LogP) is 1.96. The van der Waals surface area contributed by atoms with Gasteiger partial charge in [-0.25, -0.2) is 0 Å². The van der Waals surface area contributed by atoms with Crippen molar-refractivity contribution in [2.75, 3.05) is 13.2 Å². The third-order valence-electron chi connectivity index (χ3n) is 3.94. The van der Waals surface area contributed by atoms with Gasteiger partial charge in [0.05, 0.1) is 12.2 Å². The molecule has 0 aromatic heterocycles. The van der Waals surface area contributed by atoms with Crippen LogP contribution >= 0.6 is 0 Å². The molecule has 0 spiro atoms. The molecule has 1 aliphatic heterocycles. The molecule has 2 aliphatic rings. The van der Waals surface area contributed by atoms with Crippen molar-refractivity contribution in [3.8, 4) is 0 Å². The van der Waals surface area contributed by atoms with Crippen molar-refractivity contribution in [3.63, 3.8) is 0 Å². The monoisotopic (exact) mass is 184 g/mol. The zero-order valence-electron chi connectivity index (χ0n) is 8.46. The fourth-order valence-corrected chi connectivity index (χ4v) is 2.84. The number of hydrogen-bond donors (Lipinski definition) is 1. The van der Waals surface area contributed by atoms with Crippen molar-refractivity contribution >= 4 is 0 Å². The molecular formula is C11H20O2. The van der Waals surface area contributed by atoms with E-state index in [4.69, 9.17) is 4.74 Å². The van der Waals surface area contributed by atoms with Gasteiger partial charge in [0, 0.05) is 12.5 Å². The number of hydrogen-bond acceptors (Lipinski definition) is 2. The van der Waals surface area contributed by atoms with Gasteiger partial charge in [-0.05, 0) is 32.1 Å². The molecule has 0 bridgehead atoms. The minimum absolute atomic E-state index is 0.385. The Bertz CT molecular complexity index is 147. The number of rotatable bonds is 2. The Hall–Kier alpha value is -0.0800. The highest BCUT2D eigenvalue weighted by atomic mass is 16.5. The van der Waals surface area contributed by atoms with Crippen LogP contribution in [0.1, 0.15) is 39.0 Å². The van der Waals surface area contributed by atoms with Gasteiger partial charge in [0.2, 0.25) is 0 Å². The third-order valence-corrected chi connectivity index (χ3v) is 3.94. The van der Waals surface area contributed by atoms with Crippen LogP contribution in [0.25, 0.3) is 0 Å². The molecule has 2 nitrogen and oxygen atoms in total. The van der Waals surface area contributed by atoms with Crippen molar-refractivity contribution in [1.82, 2.24) is 0 Å². The van der Waals surface area contributed by atoms with Gasteiger partial charge in [-0.1, -0.05) is 12.8 Å². The van der Waals surface area contributed by atoms with E-state index in [0.29, 0.717) is 11.8 Å². The third kappa shape index (κ3) is 1.75. The number of aliphatic hydroxyl groups is 1. The highest BCUT2D eigenvalue weighted by molar-refractivity contribution is 4.92. The zero-order valence-corrected chi connectivity index (χ0v) is 8.46. The Kier molecular flexibility index (Phi) is 2.61. The molecular weight excluding hydrogens is 164 g/mol. The second-order valence-electron chi connectivity index (χ2n) is 4.77. The first kappa shape index (κ1) is 9.47. The molecule has 2 fully saturated rings. The maximum atomic E-state index is 10.4. The van der Waals surface area contributed by atoms with E-state index in [2.05, 4.69) is 0 Å². The maximum absolute atomic E-state index is 10.4. The molecule has 0 amide bonds. The summed E-state index contributed by atoms with van der Waals surface area (Å²) in [6.45, 7) is 3.62. The minimum Gasteiger partial charge on any atom is -0.390 e. The second-order valence-corrected chi connectivity index (χ2v) is 4.77. The highest BCUT2D eigenvalue weighted by Gasteiger charge is 2.42. The maximum Gasteiger partial charge on any atom is 0.0698 e. The van der Waals surface area contributed by atoms with Crippen LogP contribution in [0.3, 0.4) is 0 Å². The van der Waals surface area contributed by atoms with E-state index >= 15 is 0 Å².